The summed E-state index contributed by atoms with van der Waals surface area (Å²) in [5.74, 6) is 0.871. The van der Waals surface area contributed by atoms with Crippen LogP contribution in [0.5, 0.6) is 0 Å². The summed E-state index contributed by atoms with van der Waals surface area (Å²) >= 11 is 1.71. The summed E-state index contributed by atoms with van der Waals surface area (Å²) in [7, 11) is 0. The van der Waals surface area contributed by atoms with Gasteiger partial charge < -0.3 is 9.64 Å². The summed E-state index contributed by atoms with van der Waals surface area (Å²) < 4.78 is 5.52. The van der Waals surface area contributed by atoms with Gasteiger partial charge in [-0.25, -0.2) is 9.78 Å². The molecule has 0 N–H and O–H groups in total. The second-order valence-corrected chi connectivity index (χ2v) is 7.34. The Balaban J connectivity index is 1.94. The number of likely N-dealkylation sites (tertiary alicyclic amines) is 1. The number of aromatic nitrogens is 1. The fourth-order valence-corrected chi connectivity index (χ4v) is 3.37. The highest BCUT2D eigenvalue weighted by Crippen LogP contribution is 2.25. The molecule has 4 nitrogen and oxygen atoms in total. The number of rotatable bonds is 3. The van der Waals surface area contributed by atoms with E-state index >= 15 is 0 Å². The summed E-state index contributed by atoms with van der Waals surface area (Å²) in [6, 6.07) is 6.14. The Kier molecular flexibility index (Phi) is 5.51. The van der Waals surface area contributed by atoms with Gasteiger partial charge in [0.15, 0.2) is 0 Å². The third-order valence-electron chi connectivity index (χ3n) is 3.32. The van der Waals surface area contributed by atoms with Crippen LogP contribution < -0.4 is 0 Å². The molecule has 0 radical (unpaired) electrons. The van der Waals surface area contributed by atoms with E-state index < -0.39 is 5.60 Å². The molecule has 0 aliphatic carbocycles. The summed E-state index contributed by atoms with van der Waals surface area (Å²) in [6.45, 7) is 6.52. The molecule has 21 heavy (non-hydrogen) atoms. The first kappa shape index (κ1) is 16.1. The standard InChI is InChI=1S/C16H24N2O2S/c1-16(2,3)20-15(19)18-11-7-5-8-13(18)12-21-14-9-4-6-10-17-14/h4,6,9-10,13H,5,7-8,11-12H2,1-3H3. The smallest absolute Gasteiger partial charge is 0.410 e. The summed E-state index contributed by atoms with van der Waals surface area (Å²) in [6.07, 6.45) is 4.89. The highest BCUT2D eigenvalue weighted by Gasteiger charge is 2.30. The van der Waals surface area contributed by atoms with E-state index in [-0.39, 0.29) is 12.1 Å². The van der Waals surface area contributed by atoms with E-state index in [0.29, 0.717) is 0 Å². The molecule has 1 aromatic heterocycles. The molecule has 1 fully saturated rings. The van der Waals surface area contributed by atoms with Gasteiger partial charge in [0, 0.05) is 24.5 Å². The van der Waals surface area contributed by atoms with Crippen molar-refractivity contribution in [3.05, 3.63) is 24.4 Å². The molecule has 1 saturated heterocycles. The van der Waals surface area contributed by atoms with Gasteiger partial charge in [0.25, 0.3) is 0 Å². The molecule has 1 atom stereocenters. The molecule has 1 aliphatic heterocycles. The van der Waals surface area contributed by atoms with E-state index in [0.717, 1.165) is 30.2 Å². The minimum atomic E-state index is -0.437. The number of piperidine rings is 1. The fourth-order valence-electron chi connectivity index (χ4n) is 2.35. The average molecular weight is 308 g/mol. The quantitative estimate of drug-likeness (QED) is 0.793. The normalized spacial score (nSPS) is 19.4. The maximum Gasteiger partial charge on any atom is 0.410 e. The van der Waals surface area contributed by atoms with Crippen molar-refractivity contribution < 1.29 is 9.53 Å². The van der Waals surface area contributed by atoms with E-state index in [4.69, 9.17) is 4.74 Å². The monoisotopic (exact) mass is 308 g/mol. The second-order valence-electron chi connectivity index (χ2n) is 6.30. The topological polar surface area (TPSA) is 42.4 Å². The molecule has 0 spiro atoms. The van der Waals surface area contributed by atoms with Crippen molar-refractivity contribution in [2.75, 3.05) is 12.3 Å². The molecular weight excluding hydrogens is 284 g/mol. The lowest BCUT2D eigenvalue weighted by Crippen LogP contribution is -2.47. The van der Waals surface area contributed by atoms with Gasteiger partial charge in [-0.3, -0.25) is 0 Å². The molecule has 1 aliphatic rings. The van der Waals surface area contributed by atoms with Crippen LogP contribution in [0.25, 0.3) is 0 Å². The molecule has 1 unspecified atom stereocenters. The number of carbonyl (C=O) groups excluding carboxylic acids is 1. The van der Waals surface area contributed by atoms with Crippen LogP contribution in [-0.2, 0) is 4.74 Å². The first-order valence-corrected chi connectivity index (χ1v) is 8.48. The van der Waals surface area contributed by atoms with Crippen LogP contribution in [0.2, 0.25) is 0 Å². The van der Waals surface area contributed by atoms with Crippen molar-refractivity contribution in [3.63, 3.8) is 0 Å². The Labute approximate surface area is 131 Å². The number of ether oxygens (including phenoxy) is 1. The summed E-state index contributed by atoms with van der Waals surface area (Å²) in [5, 5.41) is 1.01. The van der Waals surface area contributed by atoms with Crippen molar-refractivity contribution in [1.29, 1.82) is 0 Å². The van der Waals surface area contributed by atoms with Crippen LogP contribution in [0.1, 0.15) is 40.0 Å². The van der Waals surface area contributed by atoms with Crippen LogP contribution in [0.15, 0.2) is 29.4 Å². The Bertz CT molecular complexity index is 459. The van der Waals surface area contributed by atoms with E-state index in [1.807, 2.05) is 43.9 Å². The van der Waals surface area contributed by atoms with Crippen LogP contribution in [-0.4, -0.2) is 39.9 Å². The van der Waals surface area contributed by atoms with E-state index in [1.165, 1.54) is 6.42 Å². The molecule has 1 amide bonds. The van der Waals surface area contributed by atoms with Crippen molar-refractivity contribution in [1.82, 2.24) is 9.88 Å². The number of hydrogen-bond acceptors (Lipinski definition) is 4. The lowest BCUT2D eigenvalue weighted by molar-refractivity contribution is 0.0126. The number of carbonyl (C=O) groups is 1. The van der Waals surface area contributed by atoms with Gasteiger partial charge >= 0.3 is 6.09 Å². The van der Waals surface area contributed by atoms with Crippen molar-refractivity contribution in [3.8, 4) is 0 Å². The van der Waals surface area contributed by atoms with Gasteiger partial charge in [0.05, 0.1) is 5.03 Å². The number of hydrogen-bond donors (Lipinski definition) is 0. The molecule has 0 saturated carbocycles. The van der Waals surface area contributed by atoms with Crippen LogP contribution in [0, 0.1) is 0 Å². The minimum absolute atomic E-state index is 0.186. The first-order chi connectivity index (χ1) is 9.96. The van der Waals surface area contributed by atoms with Gasteiger partial charge in [0.2, 0.25) is 0 Å². The highest BCUT2D eigenvalue weighted by molar-refractivity contribution is 7.99. The van der Waals surface area contributed by atoms with Gasteiger partial charge in [-0.05, 0) is 52.2 Å². The molecule has 5 heteroatoms. The third-order valence-corrected chi connectivity index (χ3v) is 4.41. The molecule has 1 aromatic rings. The maximum atomic E-state index is 12.3. The van der Waals surface area contributed by atoms with Gasteiger partial charge in [-0.1, -0.05) is 6.07 Å². The molecule has 0 bridgehead atoms. The lowest BCUT2D eigenvalue weighted by Gasteiger charge is -2.36. The van der Waals surface area contributed by atoms with Crippen LogP contribution in [0.3, 0.4) is 0 Å². The van der Waals surface area contributed by atoms with Gasteiger partial charge in [-0.15, -0.1) is 11.8 Å². The van der Waals surface area contributed by atoms with E-state index in [1.54, 1.807) is 18.0 Å². The van der Waals surface area contributed by atoms with E-state index in [2.05, 4.69) is 4.98 Å². The summed E-state index contributed by atoms with van der Waals surface area (Å²) in [5.41, 5.74) is -0.437. The number of thioether (sulfide) groups is 1. The zero-order valence-electron chi connectivity index (χ0n) is 13.0. The second kappa shape index (κ2) is 7.16. The minimum Gasteiger partial charge on any atom is -0.444 e. The Morgan fingerprint density at radius 2 is 2.24 bits per heavy atom. The molecular formula is C16H24N2O2S. The highest BCUT2D eigenvalue weighted by atomic mass is 32.2. The zero-order chi connectivity index (χ0) is 15.3. The fraction of sp³-hybridized carbons (Fsp3) is 0.625. The van der Waals surface area contributed by atoms with Crippen molar-refractivity contribution in [2.45, 2.75) is 56.7 Å². The lowest BCUT2D eigenvalue weighted by atomic mass is 10.0. The zero-order valence-corrected chi connectivity index (χ0v) is 13.9. The SMILES string of the molecule is CC(C)(C)OC(=O)N1CCCCC1CSc1ccccn1. The summed E-state index contributed by atoms with van der Waals surface area (Å²) in [4.78, 5) is 18.5. The first-order valence-electron chi connectivity index (χ1n) is 7.49. The molecule has 2 rings (SSSR count). The molecule has 116 valence electrons. The van der Waals surface area contributed by atoms with Crippen LogP contribution >= 0.6 is 11.8 Å². The number of nitrogens with zero attached hydrogens (tertiary/aromatic N) is 2. The average Bonchev–Trinajstić information content (AvgIpc) is 2.45. The number of pyridine rings is 1. The van der Waals surface area contributed by atoms with E-state index in [9.17, 15) is 4.79 Å². The Morgan fingerprint density at radius 1 is 1.43 bits per heavy atom. The van der Waals surface area contributed by atoms with Crippen LogP contribution in [0.4, 0.5) is 4.79 Å². The molecule has 0 aromatic carbocycles. The van der Waals surface area contributed by atoms with Crippen molar-refractivity contribution in [2.24, 2.45) is 0 Å². The van der Waals surface area contributed by atoms with Crippen molar-refractivity contribution >= 4 is 17.9 Å². The maximum absolute atomic E-state index is 12.3. The Hall–Kier alpha value is -1.23. The number of amides is 1. The predicted octanol–water partition coefficient (Wildman–Crippen LogP) is 3.96. The third kappa shape index (κ3) is 5.23. The van der Waals surface area contributed by atoms with Gasteiger partial charge in [0.1, 0.15) is 5.60 Å². The largest absolute Gasteiger partial charge is 0.444 e. The van der Waals surface area contributed by atoms with Gasteiger partial charge in [-0.2, -0.15) is 0 Å². The Morgan fingerprint density at radius 3 is 2.90 bits per heavy atom. The molecule has 2 heterocycles. The predicted molar refractivity (Wildman–Crippen MR) is 85.5 cm³/mol.